The second kappa shape index (κ2) is 10.7. The molecule has 0 saturated carbocycles. The van der Waals surface area contributed by atoms with Crippen molar-refractivity contribution < 1.29 is 23.5 Å². The zero-order chi connectivity index (χ0) is 20.5. The monoisotopic (exact) mass is 392 g/mol. The van der Waals surface area contributed by atoms with Crippen LogP contribution in [-0.2, 0) is 11.3 Å². The maximum Gasteiger partial charge on any atom is 0.284 e. The molecule has 0 bridgehead atoms. The molecule has 0 aliphatic heterocycles. The lowest BCUT2D eigenvalue weighted by molar-refractivity contribution is -0.136. The third kappa shape index (κ3) is 6.58. The Kier molecular flexibility index (Phi) is 8.35. The molecule has 0 spiro atoms. The number of nitrogens with one attached hydrogen (secondary N) is 2. The first-order valence-corrected chi connectivity index (χ1v) is 9.23. The van der Waals surface area contributed by atoms with Crippen molar-refractivity contribution in [2.75, 3.05) is 6.54 Å². The molecule has 0 fully saturated rings. The lowest BCUT2D eigenvalue weighted by Crippen LogP contribution is -2.36. The van der Waals surface area contributed by atoms with E-state index in [2.05, 4.69) is 5.32 Å². The molecule has 0 heterocycles. The Labute approximate surface area is 163 Å². The smallest absolute Gasteiger partial charge is 0.284 e. The summed E-state index contributed by atoms with van der Waals surface area (Å²) >= 11 is 0. The lowest BCUT2D eigenvalue weighted by Gasteiger charge is -2.17. The van der Waals surface area contributed by atoms with E-state index in [9.17, 15) is 13.6 Å². The van der Waals surface area contributed by atoms with Crippen molar-refractivity contribution in [1.29, 1.82) is 0 Å². The van der Waals surface area contributed by atoms with Crippen LogP contribution in [0, 0.1) is 25.5 Å². The van der Waals surface area contributed by atoms with E-state index in [1.165, 1.54) is 24.3 Å². The van der Waals surface area contributed by atoms with Gasteiger partial charge in [0.05, 0.1) is 0 Å². The normalized spacial score (nSPS) is 11.9. The van der Waals surface area contributed by atoms with E-state index in [0.717, 1.165) is 18.5 Å². The van der Waals surface area contributed by atoms with Crippen molar-refractivity contribution in [3.63, 3.8) is 0 Å². The summed E-state index contributed by atoms with van der Waals surface area (Å²) < 4.78 is 32.2. The molecular weight excluding hydrogens is 366 g/mol. The van der Waals surface area contributed by atoms with Gasteiger partial charge in [-0.05, 0) is 80.6 Å². The lowest BCUT2D eigenvalue weighted by atomic mass is 10.1. The predicted molar refractivity (Wildman–Crippen MR) is 102 cm³/mol. The van der Waals surface area contributed by atoms with Gasteiger partial charge >= 0.3 is 0 Å². The molecule has 0 aromatic heterocycles. The second-order valence-corrected chi connectivity index (χ2v) is 6.75. The average Bonchev–Trinajstić information content (AvgIpc) is 2.68. The van der Waals surface area contributed by atoms with Crippen LogP contribution >= 0.6 is 0 Å². The van der Waals surface area contributed by atoms with Gasteiger partial charge in [-0.3, -0.25) is 10.0 Å². The van der Waals surface area contributed by atoms with Crippen molar-refractivity contribution in [2.45, 2.75) is 45.8 Å². The number of benzene rings is 2. The molecule has 2 rings (SSSR count). The quantitative estimate of drug-likeness (QED) is 0.327. The molecule has 7 heteroatoms. The Morgan fingerprint density at radius 1 is 1.07 bits per heavy atom. The van der Waals surface area contributed by atoms with Crippen LogP contribution in [0.4, 0.5) is 8.78 Å². The molecule has 1 amide bonds. The van der Waals surface area contributed by atoms with Gasteiger partial charge in [0.2, 0.25) is 0 Å². The molecule has 152 valence electrons. The molecule has 5 nitrogen and oxygen atoms in total. The second-order valence-electron chi connectivity index (χ2n) is 6.75. The van der Waals surface area contributed by atoms with Crippen molar-refractivity contribution in [1.82, 2.24) is 10.8 Å². The minimum Gasteiger partial charge on any atom is -0.481 e. The van der Waals surface area contributed by atoms with Gasteiger partial charge in [-0.1, -0.05) is 12.1 Å². The standard InChI is InChI=1S/C21H26F2N2O3/c1-14-11-16(6-8-18(14)22)13-24-10-4-3-5-20(21(26)25-27)28-17-7-9-19(23)15(2)12-17/h6-9,11-12,20,24,27H,3-5,10,13H2,1-2H3,(H,25,26)/t20-/m1/s1. The molecular formula is C21H26F2N2O3. The summed E-state index contributed by atoms with van der Waals surface area (Å²) in [7, 11) is 0. The van der Waals surface area contributed by atoms with E-state index in [1.54, 1.807) is 25.4 Å². The molecule has 3 N–H and O–H groups in total. The third-order valence-corrected chi connectivity index (χ3v) is 4.43. The molecule has 0 aliphatic rings. The van der Waals surface area contributed by atoms with Gasteiger partial charge in [0, 0.05) is 6.54 Å². The van der Waals surface area contributed by atoms with Crippen LogP contribution in [0.3, 0.4) is 0 Å². The minimum atomic E-state index is -0.866. The summed E-state index contributed by atoms with van der Waals surface area (Å²) in [6.07, 6.45) is 1.02. The van der Waals surface area contributed by atoms with Gasteiger partial charge < -0.3 is 10.1 Å². The fourth-order valence-electron chi connectivity index (χ4n) is 2.80. The summed E-state index contributed by atoms with van der Waals surface area (Å²) in [5.41, 5.74) is 3.65. The number of unbranched alkanes of at least 4 members (excludes halogenated alkanes) is 1. The zero-order valence-electron chi connectivity index (χ0n) is 16.1. The molecule has 0 aliphatic carbocycles. The Hall–Kier alpha value is -2.51. The first-order chi connectivity index (χ1) is 13.4. The molecule has 0 radical (unpaired) electrons. The fraction of sp³-hybridized carbons (Fsp3) is 0.381. The first kappa shape index (κ1) is 21.8. The summed E-state index contributed by atoms with van der Waals surface area (Å²) in [4.78, 5) is 11.8. The SMILES string of the molecule is Cc1cc(CNCCCC[C@@H](Oc2ccc(F)c(C)c2)C(=O)NO)ccc1F. The molecule has 2 aromatic carbocycles. The number of carbonyl (C=O) groups is 1. The van der Waals surface area contributed by atoms with Gasteiger partial charge in [-0.25, -0.2) is 14.3 Å². The number of hydrogen-bond donors (Lipinski definition) is 3. The largest absolute Gasteiger partial charge is 0.481 e. The van der Waals surface area contributed by atoms with Gasteiger partial charge in [-0.2, -0.15) is 0 Å². The molecule has 2 aromatic rings. The van der Waals surface area contributed by atoms with E-state index in [4.69, 9.17) is 9.94 Å². The molecule has 0 unspecified atom stereocenters. The zero-order valence-corrected chi connectivity index (χ0v) is 16.1. The van der Waals surface area contributed by atoms with Crippen molar-refractivity contribution in [3.8, 4) is 5.75 Å². The van der Waals surface area contributed by atoms with E-state index >= 15 is 0 Å². The number of rotatable bonds is 10. The van der Waals surface area contributed by atoms with Crippen LogP contribution < -0.4 is 15.5 Å². The van der Waals surface area contributed by atoms with Crippen LogP contribution in [0.2, 0.25) is 0 Å². The van der Waals surface area contributed by atoms with E-state index in [-0.39, 0.29) is 11.6 Å². The number of amides is 1. The van der Waals surface area contributed by atoms with E-state index < -0.39 is 12.0 Å². The highest BCUT2D eigenvalue weighted by molar-refractivity contribution is 5.79. The van der Waals surface area contributed by atoms with Gasteiger partial charge in [0.15, 0.2) is 6.10 Å². The highest BCUT2D eigenvalue weighted by Crippen LogP contribution is 2.19. The van der Waals surface area contributed by atoms with Crippen LogP contribution in [-0.4, -0.2) is 23.8 Å². The van der Waals surface area contributed by atoms with Crippen molar-refractivity contribution in [2.24, 2.45) is 0 Å². The number of hydroxylamine groups is 1. The number of halogens is 2. The molecule has 0 saturated heterocycles. The fourth-order valence-corrected chi connectivity index (χ4v) is 2.80. The summed E-state index contributed by atoms with van der Waals surface area (Å²) in [5, 5.41) is 12.2. The minimum absolute atomic E-state index is 0.215. The van der Waals surface area contributed by atoms with Gasteiger partial charge in [0.25, 0.3) is 5.91 Å². The highest BCUT2D eigenvalue weighted by atomic mass is 19.1. The first-order valence-electron chi connectivity index (χ1n) is 9.23. The van der Waals surface area contributed by atoms with Crippen molar-refractivity contribution >= 4 is 5.91 Å². The number of carbonyl (C=O) groups excluding carboxylic acids is 1. The Balaban J connectivity index is 1.76. The highest BCUT2D eigenvalue weighted by Gasteiger charge is 2.20. The van der Waals surface area contributed by atoms with Crippen LogP contribution in [0.25, 0.3) is 0 Å². The third-order valence-electron chi connectivity index (χ3n) is 4.43. The average molecular weight is 392 g/mol. The topological polar surface area (TPSA) is 70.6 Å². The summed E-state index contributed by atoms with van der Waals surface area (Å²) in [5.74, 6) is -0.833. The summed E-state index contributed by atoms with van der Waals surface area (Å²) in [6, 6.07) is 9.25. The number of aryl methyl sites for hydroxylation is 2. The van der Waals surface area contributed by atoms with Crippen molar-refractivity contribution in [3.05, 3.63) is 64.7 Å². The predicted octanol–water partition coefficient (Wildman–Crippen LogP) is 3.79. The van der Waals surface area contributed by atoms with E-state index in [1.807, 2.05) is 6.07 Å². The Morgan fingerprint density at radius 3 is 2.39 bits per heavy atom. The Morgan fingerprint density at radius 2 is 1.75 bits per heavy atom. The molecule has 1 atom stereocenters. The number of ether oxygens (including phenoxy) is 1. The van der Waals surface area contributed by atoms with Gasteiger partial charge in [-0.15, -0.1) is 0 Å². The van der Waals surface area contributed by atoms with Crippen LogP contribution in [0.1, 0.15) is 36.0 Å². The van der Waals surface area contributed by atoms with Gasteiger partial charge in [0.1, 0.15) is 17.4 Å². The van der Waals surface area contributed by atoms with Crippen LogP contribution in [0.15, 0.2) is 36.4 Å². The Bertz CT molecular complexity index is 799. The van der Waals surface area contributed by atoms with Crippen LogP contribution in [0.5, 0.6) is 5.75 Å². The number of hydrogen-bond acceptors (Lipinski definition) is 4. The van der Waals surface area contributed by atoms with E-state index in [0.29, 0.717) is 36.3 Å². The maximum atomic E-state index is 13.3. The molecule has 28 heavy (non-hydrogen) atoms. The maximum absolute atomic E-state index is 13.3. The summed E-state index contributed by atoms with van der Waals surface area (Å²) in [6.45, 7) is 4.69.